The van der Waals surface area contributed by atoms with E-state index in [9.17, 15) is 0 Å². The molecule has 0 nitrogen and oxygen atoms in total. The molecule has 0 saturated heterocycles. The summed E-state index contributed by atoms with van der Waals surface area (Å²) in [5.74, 6) is 0. The minimum absolute atomic E-state index is 0.0396. The van der Waals surface area contributed by atoms with E-state index < -0.39 is 0 Å². The van der Waals surface area contributed by atoms with Crippen molar-refractivity contribution in [3.63, 3.8) is 0 Å². The van der Waals surface area contributed by atoms with Crippen LogP contribution in [0.1, 0.15) is 94.0 Å². The minimum Gasteiger partial charge on any atom is -0.0653 e. The molecule has 0 aromatic heterocycles. The highest BCUT2D eigenvalue weighted by atomic mass is 14.5. The van der Waals surface area contributed by atoms with Crippen molar-refractivity contribution in [3.8, 4) is 55.6 Å². The Hall–Kier alpha value is -4.68. The zero-order chi connectivity index (χ0) is 33.8. The molecule has 1 unspecified atom stereocenters. The van der Waals surface area contributed by atoms with Crippen molar-refractivity contribution in [2.45, 2.75) is 84.0 Å². The van der Waals surface area contributed by atoms with Crippen LogP contribution < -0.4 is 0 Å². The minimum atomic E-state index is 0.0396. The van der Waals surface area contributed by atoms with Gasteiger partial charge in [0.1, 0.15) is 0 Å². The van der Waals surface area contributed by atoms with Crippen molar-refractivity contribution in [3.05, 3.63) is 155 Å². The van der Waals surface area contributed by atoms with E-state index in [1.165, 1.54) is 103 Å². The molecular weight excluding hydrogens is 589 g/mol. The first kappa shape index (κ1) is 31.6. The molecule has 0 heterocycles. The van der Waals surface area contributed by atoms with Crippen LogP contribution in [0.3, 0.4) is 0 Å². The fourth-order valence-corrected chi connectivity index (χ4v) is 9.50. The fraction of sp³-hybridized carbons (Fsp3) is 0.265. The van der Waals surface area contributed by atoms with Crippen LogP contribution in [-0.2, 0) is 10.8 Å². The van der Waals surface area contributed by atoms with Gasteiger partial charge in [-0.2, -0.15) is 0 Å². The number of hydrogen-bond donors (Lipinski definition) is 0. The van der Waals surface area contributed by atoms with E-state index in [-0.39, 0.29) is 10.8 Å². The average Bonchev–Trinajstić information content (AvgIpc) is 3.54. The third-order valence-corrected chi connectivity index (χ3v) is 11.8. The van der Waals surface area contributed by atoms with Crippen LogP contribution in [0.5, 0.6) is 0 Å². The number of hydrogen-bond acceptors (Lipinski definition) is 0. The molecule has 244 valence electrons. The predicted octanol–water partition coefficient (Wildman–Crippen LogP) is 13.9. The van der Waals surface area contributed by atoms with Gasteiger partial charge >= 0.3 is 0 Å². The summed E-state index contributed by atoms with van der Waals surface area (Å²) >= 11 is 0. The van der Waals surface area contributed by atoms with Crippen LogP contribution in [0.15, 0.2) is 127 Å². The Morgan fingerprint density at radius 2 is 0.776 bits per heavy atom. The summed E-state index contributed by atoms with van der Waals surface area (Å²) in [4.78, 5) is 0. The highest BCUT2D eigenvalue weighted by molar-refractivity contribution is 5.87. The van der Waals surface area contributed by atoms with Crippen molar-refractivity contribution >= 4 is 0 Å². The molecule has 8 rings (SSSR count). The van der Waals surface area contributed by atoms with E-state index in [0.29, 0.717) is 0 Å². The van der Waals surface area contributed by atoms with Gasteiger partial charge in [0.15, 0.2) is 0 Å². The number of fused-ring (bicyclic) bond motifs is 6. The topological polar surface area (TPSA) is 0 Å². The molecule has 0 amide bonds. The van der Waals surface area contributed by atoms with Gasteiger partial charge in [0.05, 0.1) is 0 Å². The molecule has 6 aromatic rings. The van der Waals surface area contributed by atoms with Crippen LogP contribution in [0.2, 0.25) is 0 Å². The largest absolute Gasteiger partial charge is 0.0653 e. The lowest BCUT2D eigenvalue weighted by Gasteiger charge is -2.32. The van der Waals surface area contributed by atoms with Gasteiger partial charge in [0, 0.05) is 10.8 Å². The van der Waals surface area contributed by atoms with Crippen molar-refractivity contribution in [1.82, 2.24) is 0 Å². The van der Waals surface area contributed by atoms with Crippen LogP contribution in [0.25, 0.3) is 55.6 Å². The van der Waals surface area contributed by atoms with Gasteiger partial charge in [-0.25, -0.2) is 0 Å². The maximum atomic E-state index is 2.53. The number of aryl methyl sites for hydroxylation is 1. The molecule has 0 aliphatic heterocycles. The van der Waals surface area contributed by atoms with Crippen LogP contribution >= 0.6 is 0 Å². The molecule has 0 heteroatoms. The fourth-order valence-electron chi connectivity index (χ4n) is 9.50. The second-order valence-electron chi connectivity index (χ2n) is 14.9. The second kappa shape index (κ2) is 12.3. The lowest BCUT2D eigenvalue weighted by atomic mass is 9.71. The Morgan fingerprint density at radius 1 is 0.388 bits per heavy atom. The first-order valence-corrected chi connectivity index (χ1v) is 18.6. The Balaban J connectivity index is 1.16. The molecule has 1 atom stereocenters. The predicted molar refractivity (Wildman–Crippen MR) is 210 cm³/mol. The Morgan fingerprint density at radius 3 is 1.27 bits per heavy atom. The van der Waals surface area contributed by atoms with E-state index in [1.807, 2.05) is 0 Å². The zero-order valence-corrected chi connectivity index (χ0v) is 29.9. The van der Waals surface area contributed by atoms with E-state index in [0.717, 1.165) is 19.3 Å². The molecule has 49 heavy (non-hydrogen) atoms. The molecule has 0 saturated carbocycles. The maximum Gasteiger partial charge on any atom is 0.0215 e. The third-order valence-electron chi connectivity index (χ3n) is 11.8. The van der Waals surface area contributed by atoms with E-state index in [1.54, 1.807) is 0 Å². The summed E-state index contributed by atoms with van der Waals surface area (Å²) in [6, 6.07) is 49.0. The highest BCUT2D eigenvalue weighted by Gasteiger charge is 2.42. The van der Waals surface area contributed by atoms with Crippen molar-refractivity contribution in [1.29, 1.82) is 0 Å². The monoisotopic (exact) mass is 636 g/mol. The Labute approximate surface area is 293 Å². The van der Waals surface area contributed by atoms with Crippen LogP contribution in [0.4, 0.5) is 0 Å². The van der Waals surface area contributed by atoms with Crippen LogP contribution in [0, 0.1) is 6.92 Å². The number of benzene rings is 6. The lowest BCUT2D eigenvalue weighted by molar-refractivity contribution is 0.436. The second-order valence-corrected chi connectivity index (χ2v) is 14.9. The zero-order valence-electron chi connectivity index (χ0n) is 29.9. The highest BCUT2D eigenvalue weighted by Crippen LogP contribution is 2.56. The summed E-state index contributed by atoms with van der Waals surface area (Å²) in [7, 11) is 0. The van der Waals surface area contributed by atoms with Gasteiger partial charge in [-0.05, 0) is 122 Å². The Bertz CT molecular complexity index is 2150. The van der Waals surface area contributed by atoms with Crippen molar-refractivity contribution in [2.75, 3.05) is 0 Å². The molecule has 0 radical (unpaired) electrons. The standard InChI is InChI=1S/C49H48/c1-6-27-48(5)44-12-10-9-11-40(44)41-24-21-37(30-45(41)48)35-17-19-36(20-18-35)39-23-26-43-42-25-22-38(34-15-13-33(4)14-16-34)31-46(42)49(28-7-2,29-8-3)47(43)32-39/h9-26,30-32H,6-8,27-29H2,1-5H3. The quantitative estimate of drug-likeness (QED) is 0.148. The van der Waals surface area contributed by atoms with Crippen LogP contribution in [-0.4, -0.2) is 0 Å². The van der Waals surface area contributed by atoms with E-state index in [2.05, 4.69) is 162 Å². The smallest absolute Gasteiger partial charge is 0.0215 e. The normalized spacial score (nSPS) is 16.6. The van der Waals surface area contributed by atoms with Gasteiger partial charge < -0.3 is 0 Å². The van der Waals surface area contributed by atoms with E-state index in [4.69, 9.17) is 0 Å². The van der Waals surface area contributed by atoms with Gasteiger partial charge in [-0.3, -0.25) is 0 Å². The van der Waals surface area contributed by atoms with E-state index >= 15 is 0 Å². The molecule has 6 aromatic carbocycles. The SMILES string of the molecule is CCCC1(C)c2ccccc2-c2ccc(-c3ccc(-c4ccc5c(c4)C(CCC)(CCC)c4cc(-c6ccc(C)cc6)ccc4-5)cc3)cc21. The van der Waals surface area contributed by atoms with Gasteiger partial charge in [0.2, 0.25) is 0 Å². The molecule has 2 aliphatic rings. The summed E-state index contributed by atoms with van der Waals surface area (Å²) in [6.07, 6.45) is 6.98. The van der Waals surface area contributed by atoms with Gasteiger partial charge in [-0.1, -0.05) is 162 Å². The van der Waals surface area contributed by atoms with Crippen molar-refractivity contribution < 1.29 is 0 Å². The first-order valence-electron chi connectivity index (χ1n) is 18.6. The van der Waals surface area contributed by atoms with Crippen molar-refractivity contribution in [2.24, 2.45) is 0 Å². The average molecular weight is 637 g/mol. The summed E-state index contributed by atoms with van der Waals surface area (Å²) in [6.45, 7) is 11.6. The maximum absolute atomic E-state index is 2.53. The molecule has 0 N–H and O–H groups in total. The third kappa shape index (κ3) is 5.03. The summed E-state index contributed by atoms with van der Waals surface area (Å²) in [5, 5.41) is 0. The van der Waals surface area contributed by atoms with Gasteiger partial charge in [0.25, 0.3) is 0 Å². The molecule has 0 spiro atoms. The molecule has 2 aliphatic carbocycles. The molecular formula is C49H48. The summed E-state index contributed by atoms with van der Waals surface area (Å²) < 4.78 is 0. The lowest BCUT2D eigenvalue weighted by Crippen LogP contribution is -2.25. The number of rotatable bonds is 9. The first-order chi connectivity index (χ1) is 23.9. The molecule has 0 fully saturated rings. The van der Waals surface area contributed by atoms with Gasteiger partial charge in [-0.15, -0.1) is 0 Å². The summed E-state index contributed by atoms with van der Waals surface area (Å²) in [5.41, 5.74) is 20.8. The Kier molecular flexibility index (Phi) is 7.95. The molecule has 0 bridgehead atoms.